The molecule has 0 aromatic carbocycles. The zero-order valence-electron chi connectivity index (χ0n) is 19.1. The maximum absolute atomic E-state index is 12.2. The lowest BCUT2D eigenvalue weighted by molar-refractivity contribution is -0.147. The van der Waals surface area contributed by atoms with E-state index in [2.05, 4.69) is 57.2 Å². The summed E-state index contributed by atoms with van der Waals surface area (Å²) in [4.78, 5) is 24.2. The molecule has 1 atom stereocenters. The van der Waals surface area contributed by atoms with Crippen LogP contribution in [0, 0.1) is 0 Å². The van der Waals surface area contributed by atoms with Gasteiger partial charge in [-0.05, 0) is 45.4 Å². The number of nitrogens with one attached hydrogen (secondary N) is 2. The molecule has 174 valence electrons. The number of tetrazole rings is 1. The number of H-pyrrole nitrogens is 1. The van der Waals surface area contributed by atoms with Crippen molar-refractivity contribution in [1.82, 2.24) is 25.9 Å². The SMILES string of the molecule is CCCCC/C=C/C/C=C/CCCCCCCC(=O)NC(C(=O)OCC)c1nn[nH]n1. The lowest BCUT2D eigenvalue weighted by Crippen LogP contribution is -2.35. The van der Waals surface area contributed by atoms with Crippen LogP contribution in [0.25, 0.3) is 0 Å². The smallest absolute Gasteiger partial charge is 0.336 e. The van der Waals surface area contributed by atoms with Gasteiger partial charge in [-0.3, -0.25) is 4.79 Å². The van der Waals surface area contributed by atoms with Crippen molar-refractivity contribution in [3.63, 3.8) is 0 Å². The largest absolute Gasteiger partial charge is 0.464 e. The van der Waals surface area contributed by atoms with E-state index in [1.165, 1.54) is 32.1 Å². The van der Waals surface area contributed by atoms with Crippen LogP contribution < -0.4 is 5.32 Å². The number of amides is 1. The molecule has 8 nitrogen and oxygen atoms in total. The molecule has 1 heterocycles. The van der Waals surface area contributed by atoms with Crippen molar-refractivity contribution in [3.8, 4) is 0 Å². The fourth-order valence-corrected chi connectivity index (χ4v) is 3.08. The Bertz CT molecular complexity index is 644. The normalized spacial score (nSPS) is 12.5. The molecule has 0 spiro atoms. The molecule has 1 unspecified atom stereocenters. The van der Waals surface area contributed by atoms with Crippen molar-refractivity contribution in [2.45, 2.75) is 96.9 Å². The summed E-state index contributed by atoms with van der Waals surface area (Å²) in [5, 5.41) is 15.9. The highest BCUT2D eigenvalue weighted by molar-refractivity contribution is 5.84. The van der Waals surface area contributed by atoms with Crippen molar-refractivity contribution in [2.75, 3.05) is 6.61 Å². The topological polar surface area (TPSA) is 110 Å². The molecule has 8 heteroatoms. The van der Waals surface area contributed by atoms with Crippen LogP contribution in [-0.4, -0.2) is 39.1 Å². The molecule has 31 heavy (non-hydrogen) atoms. The van der Waals surface area contributed by atoms with Gasteiger partial charge in [0, 0.05) is 6.42 Å². The van der Waals surface area contributed by atoms with E-state index in [0.717, 1.165) is 38.5 Å². The monoisotopic (exact) mass is 433 g/mol. The first kappa shape index (κ1) is 26.5. The van der Waals surface area contributed by atoms with Gasteiger partial charge in [-0.2, -0.15) is 5.21 Å². The van der Waals surface area contributed by atoms with Gasteiger partial charge in [-0.1, -0.05) is 68.5 Å². The van der Waals surface area contributed by atoms with E-state index in [9.17, 15) is 9.59 Å². The molecule has 1 aromatic heterocycles. The van der Waals surface area contributed by atoms with E-state index in [0.29, 0.717) is 6.42 Å². The number of aromatic amines is 1. The summed E-state index contributed by atoms with van der Waals surface area (Å²) in [7, 11) is 0. The zero-order valence-corrected chi connectivity index (χ0v) is 19.1. The molecule has 0 aliphatic rings. The van der Waals surface area contributed by atoms with Crippen molar-refractivity contribution >= 4 is 11.9 Å². The van der Waals surface area contributed by atoms with Gasteiger partial charge in [0.1, 0.15) is 0 Å². The van der Waals surface area contributed by atoms with Crippen LogP contribution in [0.5, 0.6) is 0 Å². The molecule has 0 fully saturated rings. The molecule has 1 rings (SSSR count). The number of esters is 1. The zero-order chi connectivity index (χ0) is 22.6. The first-order valence-corrected chi connectivity index (χ1v) is 11.7. The first-order chi connectivity index (χ1) is 15.2. The van der Waals surface area contributed by atoms with Gasteiger partial charge in [0.15, 0.2) is 6.04 Å². The number of nitrogens with zero attached hydrogens (tertiary/aromatic N) is 3. The number of allylic oxidation sites excluding steroid dienone is 4. The summed E-state index contributed by atoms with van der Waals surface area (Å²) in [5.41, 5.74) is 0. The Kier molecular flexibility index (Phi) is 15.6. The molecule has 0 saturated carbocycles. The molecule has 2 N–H and O–H groups in total. The van der Waals surface area contributed by atoms with Gasteiger partial charge >= 0.3 is 5.97 Å². The van der Waals surface area contributed by atoms with Crippen LogP contribution in [0.15, 0.2) is 24.3 Å². The minimum Gasteiger partial charge on any atom is -0.464 e. The van der Waals surface area contributed by atoms with Crippen LogP contribution >= 0.6 is 0 Å². The van der Waals surface area contributed by atoms with Crippen LogP contribution in [0.2, 0.25) is 0 Å². The molecule has 0 radical (unpaired) electrons. The molecule has 1 aromatic rings. The second-order valence-electron chi connectivity index (χ2n) is 7.50. The fraction of sp³-hybridized carbons (Fsp3) is 0.696. The predicted octanol–water partition coefficient (Wildman–Crippen LogP) is 4.73. The fourth-order valence-electron chi connectivity index (χ4n) is 3.08. The van der Waals surface area contributed by atoms with E-state index in [1.54, 1.807) is 6.92 Å². The average Bonchev–Trinajstić information content (AvgIpc) is 3.29. The third kappa shape index (κ3) is 13.4. The number of carbonyl (C=O) groups is 2. The van der Waals surface area contributed by atoms with Crippen LogP contribution in [0.4, 0.5) is 0 Å². The van der Waals surface area contributed by atoms with Gasteiger partial charge in [0.25, 0.3) is 0 Å². The standard InChI is InChI=1S/C23H39N5O3/c1-3-5-6-7-8-9-10-11-12-13-14-15-16-17-18-19-20(29)24-21(23(30)31-4-2)22-25-27-28-26-22/h8-9,11-12,21H,3-7,10,13-19H2,1-2H3,(H,24,29)(H,25,26,27,28)/b9-8+,12-11+. The minimum absolute atomic E-state index is 0.104. The van der Waals surface area contributed by atoms with E-state index < -0.39 is 12.0 Å². The summed E-state index contributed by atoms with van der Waals surface area (Å²) < 4.78 is 4.98. The maximum atomic E-state index is 12.2. The third-order valence-corrected chi connectivity index (χ3v) is 4.80. The van der Waals surface area contributed by atoms with Gasteiger partial charge in [0.05, 0.1) is 6.61 Å². The van der Waals surface area contributed by atoms with Gasteiger partial charge in [0.2, 0.25) is 11.7 Å². The van der Waals surface area contributed by atoms with Crippen molar-refractivity contribution in [1.29, 1.82) is 0 Å². The highest BCUT2D eigenvalue weighted by Crippen LogP contribution is 2.11. The van der Waals surface area contributed by atoms with Crippen molar-refractivity contribution in [3.05, 3.63) is 30.1 Å². The Morgan fingerprint density at radius 3 is 2.29 bits per heavy atom. The van der Waals surface area contributed by atoms with E-state index in [4.69, 9.17) is 4.74 Å². The van der Waals surface area contributed by atoms with Crippen molar-refractivity contribution < 1.29 is 14.3 Å². The van der Waals surface area contributed by atoms with Gasteiger partial charge in [-0.15, -0.1) is 10.2 Å². The highest BCUT2D eigenvalue weighted by Gasteiger charge is 2.27. The lowest BCUT2D eigenvalue weighted by Gasteiger charge is -2.13. The molecule has 0 bridgehead atoms. The Hall–Kier alpha value is -2.51. The Morgan fingerprint density at radius 2 is 1.65 bits per heavy atom. The van der Waals surface area contributed by atoms with Crippen LogP contribution in [0.3, 0.4) is 0 Å². The minimum atomic E-state index is -1.02. The number of hydrogen-bond donors (Lipinski definition) is 2. The summed E-state index contributed by atoms with van der Waals surface area (Å²) in [6.07, 6.45) is 21.8. The Labute approximate surface area is 186 Å². The van der Waals surface area contributed by atoms with E-state index in [1.807, 2.05) is 0 Å². The van der Waals surface area contributed by atoms with Gasteiger partial charge < -0.3 is 10.1 Å². The van der Waals surface area contributed by atoms with Crippen LogP contribution in [0.1, 0.15) is 103 Å². The third-order valence-electron chi connectivity index (χ3n) is 4.80. The summed E-state index contributed by atoms with van der Waals surface area (Å²) in [6.45, 7) is 4.15. The summed E-state index contributed by atoms with van der Waals surface area (Å²) in [6, 6.07) is -1.02. The number of unbranched alkanes of at least 4 members (excludes halogenated alkanes) is 8. The number of aromatic nitrogens is 4. The quantitative estimate of drug-likeness (QED) is 0.197. The first-order valence-electron chi connectivity index (χ1n) is 11.7. The Balaban J connectivity index is 2.07. The van der Waals surface area contributed by atoms with E-state index in [-0.39, 0.29) is 18.3 Å². The summed E-state index contributed by atoms with van der Waals surface area (Å²) >= 11 is 0. The molecule has 1 amide bonds. The van der Waals surface area contributed by atoms with Crippen LogP contribution in [-0.2, 0) is 14.3 Å². The van der Waals surface area contributed by atoms with Gasteiger partial charge in [-0.25, -0.2) is 4.79 Å². The predicted molar refractivity (Wildman–Crippen MR) is 121 cm³/mol. The lowest BCUT2D eigenvalue weighted by atomic mass is 10.1. The maximum Gasteiger partial charge on any atom is 0.336 e. The molecular weight excluding hydrogens is 394 g/mol. The van der Waals surface area contributed by atoms with Crippen molar-refractivity contribution in [2.24, 2.45) is 0 Å². The highest BCUT2D eigenvalue weighted by atomic mass is 16.5. The number of hydrogen-bond acceptors (Lipinski definition) is 6. The molecular formula is C23H39N5O3. The second-order valence-corrected chi connectivity index (χ2v) is 7.50. The number of rotatable bonds is 18. The Morgan fingerprint density at radius 1 is 0.968 bits per heavy atom. The molecule has 0 aliphatic carbocycles. The molecule has 0 saturated heterocycles. The summed E-state index contributed by atoms with van der Waals surface area (Å²) in [5.74, 6) is -0.697. The average molecular weight is 434 g/mol. The number of ether oxygens (including phenoxy) is 1. The second kappa shape index (κ2) is 18.3. The van der Waals surface area contributed by atoms with E-state index >= 15 is 0 Å². The molecule has 0 aliphatic heterocycles. The number of carbonyl (C=O) groups excluding carboxylic acids is 2.